The van der Waals surface area contributed by atoms with Crippen LogP contribution in [0.3, 0.4) is 0 Å². The maximum atomic E-state index is 4.61. The van der Waals surface area contributed by atoms with E-state index in [1.807, 2.05) is 14.0 Å². The Labute approximate surface area is 128 Å². The van der Waals surface area contributed by atoms with Crippen molar-refractivity contribution in [2.45, 2.75) is 20.8 Å². The van der Waals surface area contributed by atoms with E-state index in [1.54, 1.807) is 0 Å². The summed E-state index contributed by atoms with van der Waals surface area (Å²) in [6.45, 7) is 10.6. The van der Waals surface area contributed by atoms with Gasteiger partial charge < -0.3 is 20.0 Å². The Morgan fingerprint density at radius 2 is 1.48 bits per heavy atom. The highest BCUT2D eigenvalue weighted by molar-refractivity contribution is 5.44. The van der Waals surface area contributed by atoms with E-state index in [0.717, 1.165) is 38.7 Å². The van der Waals surface area contributed by atoms with Crippen molar-refractivity contribution in [1.82, 2.24) is 19.9 Å². The van der Waals surface area contributed by atoms with E-state index >= 15 is 0 Å². The molecule has 0 saturated heterocycles. The fourth-order valence-electron chi connectivity index (χ4n) is 1.86. The van der Waals surface area contributed by atoms with Gasteiger partial charge in [0.05, 0.1) is 0 Å². The quantitative estimate of drug-likeness (QED) is 0.733. The predicted octanol–water partition coefficient (Wildman–Crippen LogP) is 1.15. The third-order valence-corrected chi connectivity index (χ3v) is 3.22. The van der Waals surface area contributed by atoms with Crippen LogP contribution in [0.5, 0.6) is 0 Å². The number of aromatic nitrogens is 3. The lowest BCUT2D eigenvalue weighted by Gasteiger charge is -2.23. The molecule has 21 heavy (non-hydrogen) atoms. The molecule has 1 rings (SSSR count). The first kappa shape index (κ1) is 17.4. The van der Waals surface area contributed by atoms with Gasteiger partial charge in [-0.15, -0.1) is 0 Å². The van der Waals surface area contributed by atoms with Crippen LogP contribution in [0.25, 0.3) is 0 Å². The number of nitrogens with one attached hydrogen (secondary N) is 1. The van der Waals surface area contributed by atoms with Gasteiger partial charge in [0.15, 0.2) is 0 Å². The molecule has 0 fully saturated rings. The summed E-state index contributed by atoms with van der Waals surface area (Å²) in [4.78, 5) is 19.9. The molecule has 7 nitrogen and oxygen atoms in total. The number of hydrogen-bond acceptors (Lipinski definition) is 7. The number of hydrogen-bond donors (Lipinski definition) is 1. The van der Waals surface area contributed by atoms with Gasteiger partial charge in [0.2, 0.25) is 17.8 Å². The fraction of sp³-hybridized carbons (Fsp3) is 0.786. The molecule has 1 aromatic rings. The van der Waals surface area contributed by atoms with Crippen molar-refractivity contribution in [1.29, 1.82) is 0 Å². The van der Waals surface area contributed by atoms with Crippen LogP contribution in [0.15, 0.2) is 0 Å². The summed E-state index contributed by atoms with van der Waals surface area (Å²) in [5.41, 5.74) is 0. The third kappa shape index (κ3) is 5.34. The standard InChI is InChI=1S/C14H29N7/c1-7-15-12-16-13(20(6)11-10-19(4)5)18-14(17-12)21(8-2)9-3/h7-11H2,1-6H3,(H,15,16,17,18). The molecule has 0 bridgehead atoms. The lowest BCUT2D eigenvalue weighted by Crippen LogP contribution is -2.31. The topological polar surface area (TPSA) is 60.4 Å². The van der Waals surface area contributed by atoms with Crippen LogP contribution in [0, 0.1) is 0 Å². The average molecular weight is 295 g/mol. The molecule has 0 spiro atoms. The number of nitrogens with zero attached hydrogens (tertiary/aromatic N) is 6. The zero-order chi connectivity index (χ0) is 15.8. The number of anilines is 3. The van der Waals surface area contributed by atoms with Crippen molar-refractivity contribution in [3.63, 3.8) is 0 Å². The van der Waals surface area contributed by atoms with Crippen LogP contribution >= 0.6 is 0 Å². The van der Waals surface area contributed by atoms with Crippen molar-refractivity contribution in [3.05, 3.63) is 0 Å². The van der Waals surface area contributed by atoms with Crippen LogP contribution in [0.2, 0.25) is 0 Å². The Morgan fingerprint density at radius 1 is 0.857 bits per heavy atom. The summed E-state index contributed by atoms with van der Waals surface area (Å²) < 4.78 is 0. The Morgan fingerprint density at radius 3 is 2.00 bits per heavy atom. The largest absolute Gasteiger partial charge is 0.354 e. The molecule has 0 aliphatic carbocycles. The summed E-state index contributed by atoms with van der Waals surface area (Å²) in [5.74, 6) is 2.09. The van der Waals surface area contributed by atoms with Crippen LogP contribution in [-0.2, 0) is 0 Å². The van der Waals surface area contributed by atoms with E-state index in [2.05, 4.69) is 62.9 Å². The molecule has 0 atom stereocenters. The summed E-state index contributed by atoms with van der Waals surface area (Å²) in [7, 11) is 6.14. The van der Waals surface area contributed by atoms with Gasteiger partial charge in [0, 0.05) is 39.8 Å². The maximum Gasteiger partial charge on any atom is 0.231 e. The first-order valence-corrected chi connectivity index (χ1v) is 7.62. The highest BCUT2D eigenvalue weighted by atomic mass is 15.4. The highest BCUT2D eigenvalue weighted by Crippen LogP contribution is 2.15. The zero-order valence-electron chi connectivity index (χ0n) is 14.2. The first-order valence-electron chi connectivity index (χ1n) is 7.62. The van der Waals surface area contributed by atoms with E-state index in [0.29, 0.717) is 11.9 Å². The highest BCUT2D eigenvalue weighted by Gasteiger charge is 2.13. The van der Waals surface area contributed by atoms with Gasteiger partial charge in [-0.25, -0.2) is 0 Å². The lowest BCUT2D eigenvalue weighted by atomic mass is 10.5. The molecule has 0 radical (unpaired) electrons. The van der Waals surface area contributed by atoms with Crippen LogP contribution in [0.4, 0.5) is 17.8 Å². The van der Waals surface area contributed by atoms with Gasteiger partial charge >= 0.3 is 0 Å². The molecule has 0 unspecified atom stereocenters. The summed E-state index contributed by atoms with van der Waals surface area (Å²) in [6, 6.07) is 0. The van der Waals surface area contributed by atoms with Gasteiger partial charge in [-0.1, -0.05) is 0 Å². The molecule has 0 aliphatic rings. The van der Waals surface area contributed by atoms with Crippen LogP contribution < -0.4 is 15.1 Å². The van der Waals surface area contributed by atoms with Crippen molar-refractivity contribution >= 4 is 17.8 Å². The molecule has 1 aromatic heterocycles. The third-order valence-electron chi connectivity index (χ3n) is 3.22. The zero-order valence-corrected chi connectivity index (χ0v) is 14.2. The second-order valence-corrected chi connectivity index (χ2v) is 5.19. The van der Waals surface area contributed by atoms with E-state index < -0.39 is 0 Å². The molecular formula is C14H29N7. The second kappa shape index (κ2) is 8.61. The normalized spacial score (nSPS) is 10.8. The minimum atomic E-state index is 0.640. The number of likely N-dealkylation sites (N-methyl/N-ethyl adjacent to an activating group) is 2. The molecule has 0 aliphatic heterocycles. The Balaban J connectivity index is 3.00. The van der Waals surface area contributed by atoms with E-state index in [4.69, 9.17) is 0 Å². The van der Waals surface area contributed by atoms with Gasteiger partial charge in [0.1, 0.15) is 0 Å². The van der Waals surface area contributed by atoms with E-state index in [9.17, 15) is 0 Å². The van der Waals surface area contributed by atoms with Crippen molar-refractivity contribution < 1.29 is 0 Å². The summed E-state index contributed by atoms with van der Waals surface area (Å²) in [5, 5.41) is 3.19. The molecule has 1 N–H and O–H groups in total. The molecule has 120 valence electrons. The maximum absolute atomic E-state index is 4.61. The molecule has 7 heteroatoms. The molecule has 1 heterocycles. The lowest BCUT2D eigenvalue weighted by molar-refractivity contribution is 0.415. The Hall–Kier alpha value is -1.63. The van der Waals surface area contributed by atoms with E-state index in [1.165, 1.54) is 0 Å². The van der Waals surface area contributed by atoms with Crippen molar-refractivity contribution in [2.24, 2.45) is 0 Å². The monoisotopic (exact) mass is 295 g/mol. The average Bonchev–Trinajstić information content (AvgIpc) is 2.46. The SMILES string of the molecule is CCNc1nc(N(C)CCN(C)C)nc(N(CC)CC)n1. The molecular weight excluding hydrogens is 266 g/mol. The first-order chi connectivity index (χ1) is 10.0. The smallest absolute Gasteiger partial charge is 0.231 e. The van der Waals surface area contributed by atoms with Gasteiger partial charge in [-0.05, 0) is 34.9 Å². The van der Waals surface area contributed by atoms with Crippen molar-refractivity contribution in [3.8, 4) is 0 Å². The van der Waals surface area contributed by atoms with Gasteiger partial charge in [-0.2, -0.15) is 15.0 Å². The molecule has 0 amide bonds. The van der Waals surface area contributed by atoms with E-state index in [-0.39, 0.29) is 0 Å². The summed E-state index contributed by atoms with van der Waals surface area (Å²) in [6.07, 6.45) is 0. The van der Waals surface area contributed by atoms with Gasteiger partial charge in [0.25, 0.3) is 0 Å². The van der Waals surface area contributed by atoms with Crippen molar-refractivity contribution in [2.75, 3.05) is 69.0 Å². The van der Waals surface area contributed by atoms with Gasteiger partial charge in [-0.3, -0.25) is 0 Å². The second-order valence-electron chi connectivity index (χ2n) is 5.19. The molecule has 0 aromatic carbocycles. The predicted molar refractivity (Wildman–Crippen MR) is 89.4 cm³/mol. The summed E-state index contributed by atoms with van der Waals surface area (Å²) >= 11 is 0. The Kier molecular flexibility index (Phi) is 7.14. The van der Waals surface area contributed by atoms with Crippen LogP contribution in [0.1, 0.15) is 20.8 Å². The minimum Gasteiger partial charge on any atom is -0.354 e. The molecule has 0 saturated carbocycles. The minimum absolute atomic E-state index is 0.640. The fourth-order valence-corrected chi connectivity index (χ4v) is 1.86. The Bertz CT molecular complexity index is 418. The van der Waals surface area contributed by atoms with Crippen LogP contribution in [-0.4, -0.2) is 73.7 Å². The number of rotatable bonds is 9.